The molecule has 28 heavy (non-hydrogen) atoms. The van der Waals surface area contributed by atoms with Gasteiger partial charge in [-0.3, -0.25) is 0 Å². The van der Waals surface area contributed by atoms with Crippen molar-refractivity contribution in [2.75, 3.05) is 0 Å². The first-order valence-electron chi connectivity index (χ1n) is 9.52. The Morgan fingerprint density at radius 2 is 1.14 bits per heavy atom. The van der Waals surface area contributed by atoms with E-state index < -0.39 is 0 Å². The Balaban J connectivity index is 1.66. The lowest BCUT2D eigenvalue weighted by Gasteiger charge is -2.03. The van der Waals surface area contributed by atoms with E-state index in [4.69, 9.17) is 8.83 Å². The molecule has 0 aliphatic rings. The smallest absolute Gasteiger partial charge is 0.143 e. The Hall–Kier alpha value is -3.52. The summed E-state index contributed by atoms with van der Waals surface area (Å²) in [6.45, 7) is 4.22. The average Bonchev–Trinajstić information content (AvgIpc) is 3.25. The summed E-state index contributed by atoms with van der Waals surface area (Å²) in [5.41, 5.74) is 8.42. The van der Waals surface area contributed by atoms with Crippen molar-refractivity contribution in [2.24, 2.45) is 0 Å². The van der Waals surface area contributed by atoms with Crippen LogP contribution in [0, 0.1) is 13.8 Å². The number of hydrogen-bond acceptors (Lipinski definition) is 2. The lowest BCUT2D eigenvalue weighted by molar-refractivity contribution is 0.668. The quantitative estimate of drug-likeness (QED) is 0.299. The summed E-state index contributed by atoms with van der Waals surface area (Å²) in [4.78, 5) is 0. The highest BCUT2D eigenvalue weighted by Gasteiger charge is 2.14. The van der Waals surface area contributed by atoms with Crippen LogP contribution in [-0.2, 0) is 0 Å². The fraction of sp³-hybridized carbons (Fsp3) is 0.0769. The van der Waals surface area contributed by atoms with Crippen molar-refractivity contribution < 1.29 is 8.83 Å². The summed E-state index contributed by atoms with van der Waals surface area (Å²) >= 11 is 0. The highest BCUT2D eigenvalue weighted by atomic mass is 16.3. The number of para-hydroxylation sites is 1. The Morgan fingerprint density at radius 1 is 0.536 bits per heavy atom. The lowest BCUT2D eigenvalue weighted by Crippen LogP contribution is -1.79. The van der Waals surface area contributed by atoms with Crippen LogP contribution in [0.25, 0.3) is 55.0 Å². The topological polar surface area (TPSA) is 26.3 Å². The fourth-order valence-electron chi connectivity index (χ4n) is 4.20. The van der Waals surface area contributed by atoms with Crippen LogP contribution in [-0.4, -0.2) is 0 Å². The molecule has 2 heteroatoms. The highest BCUT2D eigenvalue weighted by molar-refractivity contribution is 6.11. The minimum atomic E-state index is 0.914. The monoisotopic (exact) mass is 362 g/mol. The van der Waals surface area contributed by atoms with Crippen molar-refractivity contribution in [3.63, 3.8) is 0 Å². The first-order chi connectivity index (χ1) is 13.7. The van der Waals surface area contributed by atoms with E-state index >= 15 is 0 Å². The molecule has 6 rings (SSSR count). The number of furan rings is 2. The van der Waals surface area contributed by atoms with E-state index in [0.717, 1.165) is 49.6 Å². The van der Waals surface area contributed by atoms with E-state index in [1.165, 1.54) is 16.5 Å². The maximum atomic E-state index is 6.27. The summed E-state index contributed by atoms with van der Waals surface area (Å²) in [7, 11) is 0. The second-order valence-electron chi connectivity index (χ2n) is 7.60. The zero-order valence-electron chi connectivity index (χ0n) is 15.7. The van der Waals surface area contributed by atoms with Crippen LogP contribution >= 0.6 is 0 Å². The molecule has 4 aromatic carbocycles. The van der Waals surface area contributed by atoms with Crippen molar-refractivity contribution in [3.05, 3.63) is 83.9 Å². The van der Waals surface area contributed by atoms with Gasteiger partial charge in [-0.25, -0.2) is 0 Å². The SMILES string of the molecule is Cc1ccc2oc3ccc(-c4cccc5c4oc4ccc(C)cc45)cc3c2c1. The van der Waals surface area contributed by atoms with Crippen molar-refractivity contribution in [1.82, 2.24) is 0 Å². The lowest BCUT2D eigenvalue weighted by atomic mass is 10.00. The third-order valence-electron chi connectivity index (χ3n) is 5.59. The predicted molar refractivity (Wildman–Crippen MR) is 116 cm³/mol. The molecule has 134 valence electrons. The molecule has 2 aromatic heterocycles. The number of benzene rings is 4. The van der Waals surface area contributed by atoms with Crippen LogP contribution in [0.4, 0.5) is 0 Å². The number of fused-ring (bicyclic) bond motifs is 6. The van der Waals surface area contributed by atoms with Gasteiger partial charge in [0.1, 0.15) is 22.3 Å². The number of hydrogen-bond donors (Lipinski definition) is 0. The van der Waals surface area contributed by atoms with Gasteiger partial charge >= 0.3 is 0 Å². The van der Waals surface area contributed by atoms with Crippen LogP contribution in [0.3, 0.4) is 0 Å². The molecule has 0 amide bonds. The van der Waals surface area contributed by atoms with Crippen molar-refractivity contribution >= 4 is 43.9 Å². The van der Waals surface area contributed by atoms with Gasteiger partial charge in [0.15, 0.2) is 0 Å². The van der Waals surface area contributed by atoms with Gasteiger partial charge in [-0.05, 0) is 55.8 Å². The summed E-state index contributed by atoms with van der Waals surface area (Å²) in [6.07, 6.45) is 0. The van der Waals surface area contributed by atoms with Crippen molar-refractivity contribution in [1.29, 1.82) is 0 Å². The maximum Gasteiger partial charge on any atom is 0.143 e. The molecule has 0 N–H and O–H groups in total. The van der Waals surface area contributed by atoms with Gasteiger partial charge in [0, 0.05) is 27.1 Å². The van der Waals surface area contributed by atoms with E-state index in [1.807, 2.05) is 6.07 Å². The first kappa shape index (κ1) is 15.5. The van der Waals surface area contributed by atoms with E-state index in [0.29, 0.717) is 0 Å². The molecule has 0 radical (unpaired) electrons. The van der Waals surface area contributed by atoms with Crippen molar-refractivity contribution in [3.8, 4) is 11.1 Å². The van der Waals surface area contributed by atoms with Crippen LogP contribution in [0.1, 0.15) is 11.1 Å². The van der Waals surface area contributed by atoms with Gasteiger partial charge in [-0.15, -0.1) is 0 Å². The van der Waals surface area contributed by atoms with Crippen LogP contribution < -0.4 is 0 Å². The van der Waals surface area contributed by atoms with Crippen LogP contribution in [0.2, 0.25) is 0 Å². The molecule has 0 aliphatic carbocycles. The summed E-state index contributed by atoms with van der Waals surface area (Å²) in [6, 6.07) is 25.4. The first-order valence-corrected chi connectivity index (χ1v) is 9.52. The zero-order valence-corrected chi connectivity index (χ0v) is 15.7. The molecule has 0 aliphatic heterocycles. The molecule has 0 saturated heterocycles. The predicted octanol–water partition coefficient (Wildman–Crippen LogP) is 7.77. The van der Waals surface area contributed by atoms with E-state index in [1.54, 1.807) is 0 Å². The zero-order chi connectivity index (χ0) is 18.8. The standard InChI is InChI=1S/C26H18O2/c1-15-7-10-25-20(12-15)19-5-3-4-18(26(19)28-25)17-8-11-24-22(14-17)21-13-16(2)6-9-23(21)27-24/h3-14H,1-2H3. The van der Waals surface area contributed by atoms with Gasteiger partial charge < -0.3 is 8.83 Å². The maximum absolute atomic E-state index is 6.27. The normalized spacial score (nSPS) is 11.9. The fourth-order valence-corrected chi connectivity index (χ4v) is 4.20. The third-order valence-corrected chi connectivity index (χ3v) is 5.59. The van der Waals surface area contributed by atoms with Gasteiger partial charge in [0.05, 0.1) is 0 Å². The van der Waals surface area contributed by atoms with Gasteiger partial charge in [0.25, 0.3) is 0 Å². The van der Waals surface area contributed by atoms with Gasteiger partial charge in [-0.1, -0.05) is 47.5 Å². The Morgan fingerprint density at radius 3 is 1.89 bits per heavy atom. The second-order valence-corrected chi connectivity index (χ2v) is 7.60. The Bertz CT molecular complexity index is 1530. The van der Waals surface area contributed by atoms with Gasteiger partial charge in [-0.2, -0.15) is 0 Å². The Kier molecular flexibility index (Phi) is 3.05. The average molecular weight is 362 g/mol. The van der Waals surface area contributed by atoms with E-state index in [2.05, 4.69) is 80.6 Å². The minimum absolute atomic E-state index is 0.914. The molecule has 0 spiro atoms. The second kappa shape index (κ2) is 5.49. The Labute approximate surface area is 162 Å². The third kappa shape index (κ3) is 2.15. The summed E-state index contributed by atoms with van der Waals surface area (Å²) in [5, 5.41) is 4.62. The molecule has 0 unspecified atom stereocenters. The minimum Gasteiger partial charge on any atom is -0.456 e. The van der Waals surface area contributed by atoms with Crippen LogP contribution in [0.5, 0.6) is 0 Å². The van der Waals surface area contributed by atoms with Crippen LogP contribution in [0.15, 0.2) is 81.6 Å². The molecule has 2 heterocycles. The van der Waals surface area contributed by atoms with E-state index in [9.17, 15) is 0 Å². The largest absolute Gasteiger partial charge is 0.456 e. The number of aryl methyl sites for hydroxylation is 2. The number of rotatable bonds is 1. The molecular weight excluding hydrogens is 344 g/mol. The summed E-state index contributed by atoms with van der Waals surface area (Å²) in [5.74, 6) is 0. The molecule has 0 fully saturated rings. The molecule has 0 bridgehead atoms. The molecule has 2 nitrogen and oxygen atoms in total. The highest BCUT2D eigenvalue weighted by Crippen LogP contribution is 2.38. The van der Waals surface area contributed by atoms with Crippen molar-refractivity contribution in [2.45, 2.75) is 13.8 Å². The summed E-state index contributed by atoms with van der Waals surface area (Å²) < 4.78 is 12.3. The molecule has 0 atom stereocenters. The van der Waals surface area contributed by atoms with Gasteiger partial charge in [0.2, 0.25) is 0 Å². The molecule has 6 aromatic rings. The molecule has 0 saturated carbocycles. The molecular formula is C26H18O2. The van der Waals surface area contributed by atoms with E-state index in [-0.39, 0.29) is 0 Å².